The first-order chi connectivity index (χ1) is 9.58. The molecule has 0 bridgehead atoms. The number of hydrogen-bond acceptors (Lipinski definition) is 3. The van der Waals surface area contributed by atoms with Gasteiger partial charge in [0.2, 0.25) is 0 Å². The molecule has 0 aliphatic carbocycles. The quantitative estimate of drug-likeness (QED) is 0.810. The summed E-state index contributed by atoms with van der Waals surface area (Å²) in [5.41, 5.74) is 1.36. The Morgan fingerprint density at radius 1 is 1.19 bits per heavy atom. The van der Waals surface area contributed by atoms with Gasteiger partial charge in [-0.2, -0.15) is 0 Å². The van der Waals surface area contributed by atoms with Crippen molar-refractivity contribution >= 4 is 0 Å². The average molecular weight is 294 g/mol. The Morgan fingerprint density at radius 3 is 2.29 bits per heavy atom. The highest BCUT2D eigenvalue weighted by atomic mass is 16.3. The summed E-state index contributed by atoms with van der Waals surface area (Å²) >= 11 is 0. The smallest absolute Gasteiger partial charge is 0.120 e. The van der Waals surface area contributed by atoms with Gasteiger partial charge in [-0.25, -0.2) is 0 Å². The molecule has 1 rings (SSSR count). The van der Waals surface area contributed by atoms with Crippen LogP contribution in [0.1, 0.15) is 65.6 Å². The minimum Gasteiger partial charge on any atom is -0.463 e. The van der Waals surface area contributed by atoms with E-state index in [1.54, 1.807) is 0 Å². The van der Waals surface area contributed by atoms with Crippen molar-refractivity contribution in [3.63, 3.8) is 0 Å². The molecule has 0 saturated carbocycles. The minimum atomic E-state index is 0.112. The first kappa shape index (κ1) is 18.2. The lowest BCUT2D eigenvalue weighted by Crippen LogP contribution is -2.35. The van der Waals surface area contributed by atoms with Crippen LogP contribution in [-0.2, 0) is 13.1 Å². The van der Waals surface area contributed by atoms with Gasteiger partial charge in [0, 0.05) is 18.1 Å². The second kappa shape index (κ2) is 7.46. The van der Waals surface area contributed by atoms with Crippen molar-refractivity contribution in [1.29, 1.82) is 0 Å². The first-order valence-electron chi connectivity index (χ1n) is 8.15. The highest BCUT2D eigenvalue weighted by Gasteiger charge is 2.17. The van der Waals surface area contributed by atoms with Crippen LogP contribution in [0.4, 0.5) is 0 Å². The SMILES string of the molecule is Cc1cc(CN(CC(C)C)C(C)C)oc1CNC(C)(C)C. The predicted molar refractivity (Wildman–Crippen MR) is 90.4 cm³/mol. The number of nitrogens with zero attached hydrogens (tertiary/aromatic N) is 1. The fraction of sp³-hybridized carbons (Fsp3) is 0.778. The summed E-state index contributed by atoms with van der Waals surface area (Å²) in [5.74, 6) is 2.81. The van der Waals surface area contributed by atoms with Crippen LogP contribution < -0.4 is 5.32 Å². The van der Waals surface area contributed by atoms with E-state index in [2.05, 4.69) is 71.7 Å². The van der Waals surface area contributed by atoms with Crippen molar-refractivity contribution < 1.29 is 4.42 Å². The molecule has 1 N–H and O–H groups in total. The molecule has 0 aliphatic rings. The third-order valence-electron chi connectivity index (χ3n) is 3.54. The zero-order valence-electron chi connectivity index (χ0n) is 15.2. The molecule has 0 saturated heterocycles. The standard InChI is InChI=1S/C18H34N2O/c1-13(2)11-20(14(3)4)12-16-9-15(5)17(21-16)10-19-18(6,7)8/h9,13-14,19H,10-12H2,1-8H3. The van der Waals surface area contributed by atoms with E-state index in [0.29, 0.717) is 12.0 Å². The average Bonchev–Trinajstić information content (AvgIpc) is 2.64. The zero-order valence-corrected chi connectivity index (χ0v) is 15.2. The summed E-state index contributed by atoms with van der Waals surface area (Å²) in [6, 6.07) is 2.73. The highest BCUT2D eigenvalue weighted by Crippen LogP contribution is 2.19. The van der Waals surface area contributed by atoms with Crippen molar-refractivity contribution in [2.75, 3.05) is 6.54 Å². The first-order valence-corrected chi connectivity index (χ1v) is 8.15. The number of aryl methyl sites for hydroxylation is 1. The predicted octanol–water partition coefficient (Wildman–Crippen LogP) is 4.34. The van der Waals surface area contributed by atoms with Crippen LogP contribution >= 0.6 is 0 Å². The highest BCUT2D eigenvalue weighted by molar-refractivity contribution is 5.20. The number of rotatable bonds is 7. The van der Waals surface area contributed by atoms with E-state index in [1.165, 1.54) is 5.56 Å². The summed E-state index contributed by atoms with van der Waals surface area (Å²) < 4.78 is 6.07. The Hall–Kier alpha value is -0.800. The maximum atomic E-state index is 6.07. The van der Waals surface area contributed by atoms with Crippen molar-refractivity contribution in [3.05, 3.63) is 23.2 Å². The molecule has 1 aromatic rings. The van der Waals surface area contributed by atoms with Crippen molar-refractivity contribution in [3.8, 4) is 0 Å². The molecule has 0 radical (unpaired) electrons. The van der Waals surface area contributed by atoms with Crippen LogP contribution in [0.5, 0.6) is 0 Å². The Morgan fingerprint density at radius 2 is 1.81 bits per heavy atom. The molecule has 0 unspecified atom stereocenters. The minimum absolute atomic E-state index is 0.112. The summed E-state index contributed by atoms with van der Waals surface area (Å²) in [5, 5.41) is 3.49. The topological polar surface area (TPSA) is 28.4 Å². The van der Waals surface area contributed by atoms with E-state index in [9.17, 15) is 0 Å². The van der Waals surface area contributed by atoms with E-state index in [1.807, 2.05) is 0 Å². The third-order valence-corrected chi connectivity index (χ3v) is 3.54. The lowest BCUT2D eigenvalue weighted by molar-refractivity contribution is 0.174. The van der Waals surface area contributed by atoms with Gasteiger partial charge in [0.15, 0.2) is 0 Å². The van der Waals surface area contributed by atoms with Gasteiger partial charge in [0.05, 0.1) is 13.1 Å². The lowest BCUT2D eigenvalue weighted by atomic mass is 10.1. The van der Waals surface area contributed by atoms with Gasteiger partial charge < -0.3 is 9.73 Å². The molecule has 0 spiro atoms. The van der Waals surface area contributed by atoms with Crippen LogP contribution in [0.25, 0.3) is 0 Å². The van der Waals surface area contributed by atoms with Gasteiger partial charge in [-0.3, -0.25) is 4.90 Å². The Kier molecular flexibility index (Phi) is 6.48. The fourth-order valence-electron chi connectivity index (χ4n) is 2.32. The van der Waals surface area contributed by atoms with Gasteiger partial charge in [-0.1, -0.05) is 13.8 Å². The van der Waals surface area contributed by atoms with E-state index in [4.69, 9.17) is 4.42 Å². The molecule has 0 atom stereocenters. The molecule has 1 heterocycles. The molecule has 0 fully saturated rings. The second-order valence-electron chi connectivity index (χ2n) is 7.84. The van der Waals surface area contributed by atoms with E-state index in [-0.39, 0.29) is 5.54 Å². The molecule has 3 heteroatoms. The second-order valence-corrected chi connectivity index (χ2v) is 7.84. The van der Waals surface area contributed by atoms with E-state index < -0.39 is 0 Å². The lowest BCUT2D eigenvalue weighted by Gasteiger charge is -2.27. The molecule has 0 aromatic carbocycles. The maximum absolute atomic E-state index is 6.07. The molecule has 122 valence electrons. The molecule has 1 aromatic heterocycles. The fourth-order valence-corrected chi connectivity index (χ4v) is 2.32. The summed E-state index contributed by atoms with van der Waals surface area (Å²) in [4.78, 5) is 2.48. The molecule has 0 aliphatic heterocycles. The van der Waals surface area contributed by atoms with Crippen LogP contribution in [0.3, 0.4) is 0 Å². The van der Waals surface area contributed by atoms with Crippen LogP contribution in [0, 0.1) is 12.8 Å². The van der Waals surface area contributed by atoms with E-state index in [0.717, 1.165) is 31.2 Å². The monoisotopic (exact) mass is 294 g/mol. The molecule has 0 amide bonds. The van der Waals surface area contributed by atoms with Crippen molar-refractivity contribution in [2.45, 2.75) is 80.1 Å². The van der Waals surface area contributed by atoms with Crippen molar-refractivity contribution in [2.24, 2.45) is 5.92 Å². The normalized spacial score (nSPS) is 12.9. The molecular weight excluding hydrogens is 260 g/mol. The summed E-state index contributed by atoms with van der Waals surface area (Å²) in [6.07, 6.45) is 0. The van der Waals surface area contributed by atoms with Crippen LogP contribution in [0.2, 0.25) is 0 Å². The number of nitrogens with one attached hydrogen (secondary N) is 1. The Bertz CT molecular complexity index is 427. The van der Waals surface area contributed by atoms with Gasteiger partial charge in [-0.15, -0.1) is 0 Å². The van der Waals surface area contributed by atoms with Gasteiger partial charge in [0.1, 0.15) is 11.5 Å². The van der Waals surface area contributed by atoms with Crippen molar-refractivity contribution in [1.82, 2.24) is 10.2 Å². The maximum Gasteiger partial charge on any atom is 0.120 e. The van der Waals surface area contributed by atoms with E-state index >= 15 is 0 Å². The molecule has 3 nitrogen and oxygen atoms in total. The van der Waals surface area contributed by atoms with Crippen LogP contribution in [-0.4, -0.2) is 23.0 Å². The third kappa shape index (κ3) is 6.66. The summed E-state index contributed by atoms with van der Waals surface area (Å²) in [7, 11) is 0. The number of furan rings is 1. The zero-order chi connectivity index (χ0) is 16.2. The number of hydrogen-bond donors (Lipinski definition) is 1. The van der Waals surface area contributed by atoms with Gasteiger partial charge in [-0.05, 0) is 59.1 Å². The van der Waals surface area contributed by atoms with Crippen LogP contribution in [0.15, 0.2) is 10.5 Å². The summed E-state index contributed by atoms with van der Waals surface area (Å²) in [6.45, 7) is 20.5. The Labute approximate surface area is 131 Å². The Balaban J connectivity index is 2.71. The van der Waals surface area contributed by atoms with Gasteiger partial charge >= 0.3 is 0 Å². The molecule has 21 heavy (non-hydrogen) atoms. The molecular formula is C18H34N2O. The van der Waals surface area contributed by atoms with Gasteiger partial charge in [0.25, 0.3) is 0 Å². The largest absolute Gasteiger partial charge is 0.463 e.